The number of halogens is 1. The van der Waals surface area contributed by atoms with Crippen LogP contribution < -0.4 is 4.31 Å². The van der Waals surface area contributed by atoms with Gasteiger partial charge in [-0.2, -0.15) is 0 Å². The number of benzene rings is 1. The highest BCUT2D eigenvalue weighted by atomic mass is 32.2. The minimum Gasteiger partial charge on any atom is -0.345 e. The lowest BCUT2D eigenvalue weighted by molar-refractivity contribution is 0.0826. The molecular weight excluding hydrogens is 355 g/mol. The Kier molecular flexibility index (Phi) is 6.07. The second kappa shape index (κ2) is 7.90. The number of carbonyl (C=O) groups is 1. The predicted molar refractivity (Wildman–Crippen MR) is 102 cm³/mol. The number of amides is 1. The molecule has 26 heavy (non-hydrogen) atoms. The Bertz CT molecular complexity index is 838. The van der Waals surface area contributed by atoms with E-state index in [0.717, 1.165) is 0 Å². The van der Waals surface area contributed by atoms with Crippen molar-refractivity contribution >= 4 is 22.8 Å². The van der Waals surface area contributed by atoms with Crippen molar-refractivity contribution in [3.05, 3.63) is 41.3 Å². The number of carbonyl (C=O) groups excluding carboxylic acids is 1. The van der Waals surface area contributed by atoms with Crippen molar-refractivity contribution in [2.45, 2.75) is 19.8 Å². The van der Waals surface area contributed by atoms with Crippen LogP contribution in [0.15, 0.2) is 24.3 Å². The van der Waals surface area contributed by atoms with Gasteiger partial charge < -0.3 is 4.90 Å². The first-order valence-electron chi connectivity index (χ1n) is 8.10. The molecule has 0 radical (unpaired) electrons. The van der Waals surface area contributed by atoms with Crippen molar-refractivity contribution in [2.24, 2.45) is 0 Å². The summed E-state index contributed by atoms with van der Waals surface area (Å²) in [5.41, 5.74) is 1.92. The summed E-state index contributed by atoms with van der Waals surface area (Å²) in [6, 6.07) is 5.78. The third-order valence-corrected chi connectivity index (χ3v) is 4.81. The Morgan fingerprint density at radius 1 is 1.12 bits per heavy atom. The Balaban J connectivity index is 2.84. The first kappa shape index (κ1) is 20.0. The summed E-state index contributed by atoms with van der Waals surface area (Å²) in [5.74, 6) is -0.420. The summed E-state index contributed by atoms with van der Waals surface area (Å²) in [5, 5.41) is 0. The van der Waals surface area contributed by atoms with Crippen molar-refractivity contribution < 1.29 is 13.4 Å². The van der Waals surface area contributed by atoms with Gasteiger partial charge >= 0.3 is 0 Å². The molecule has 0 fully saturated rings. The van der Waals surface area contributed by atoms with Gasteiger partial charge in [0.25, 0.3) is 5.91 Å². The summed E-state index contributed by atoms with van der Waals surface area (Å²) >= 11 is 0. The van der Waals surface area contributed by atoms with Gasteiger partial charge in [0.05, 0.1) is 17.0 Å². The molecule has 1 amide bonds. The van der Waals surface area contributed by atoms with Crippen LogP contribution in [0.1, 0.15) is 35.8 Å². The summed E-state index contributed by atoms with van der Waals surface area (Å²) < 4.78 is 26.7. The molecule has 1 atom stereocenters. The maximum atomic E-state index is 13.4. The van der Waals surface area contributed by atoms with Crippen LogP contribution in [0.4, 0.5) is 10.3 Å². The molecule has 1 aromatic carbocycles. The zero-order chi connectivity index (χ0) is 19.6. The average Bonchev–Trinajstić information content (AvgIpc) is 2.59. The largest absolute Gasteiger partial charge is 0.345 e. The molecule has 8 heteroatoms. The number of rotatable bonds is 5. The van der Waals surface area contributed by atoms with Crippen LogP contribution in [0.25, 0.3) is 11.3 Å². The topological polar surface area (TPSA) is 66.4 Å². The van der Waals surface area contributed by atoms with Crippen LogP contribution in [0.5, 0.6) is 0 Å². The van der Waals surface area contributed by atoms with Crippen molar-refractivity contribution in [1.82, 2.24) is 14.9 Å². The van der Waals surface area contributed by atoms with E-state index in [1.807, 2.05) is 13.8 Å². The average molecular weight is 378 g/mol. The first-order chi connectivity index (χ1) is 12.1. The second-order valence-corrected chi connectivity index (χ2v) is 7.81. The molecule has 2 rings (SSSR count). The standard InChI is InChI=1S/C18H23FN4O2S/c1-11(2)15-14(17(24)22(3)4)16(12-7-9-13(19)10-8-12)21-18(20-15)23(5)26(6)25/h7-11H,1-6H3. The maximum Gasteiger partial charge on any atom is 0.257 e. The fourth-order valence-electron chi connectivity index (χ4n) is 2.39. The molecule has 0 saturated carbocycles. The lowest BCUT2D eigenvalue weighted by Gasteiger charge is -2.22. The van der Waals surface area contributed by atoms with Crippen LogP contribution >= 0.6 is 0 Å². The Labute approximate surface area is 155 Å². The van der Waals surface area contributed by atoms with E-state index < -0.39 is 11.0 Å². The molecule has 0 aliphatic carbocycles. The van der Waals surface area contributed by atoms with Gasteiger partial charge in [0, 0.05) is 33.0 Å². The van der Waals surface area contributed by atoms with Crippen molar-refractivity contribution in [1.29, 1.82) is 0 Å². The van der Waals surface area contributed by atoms with Crippen LogP contribution in [-0.2, 0) is 11.0 Å². The highest BCUT2D eigenvalue weighted by Crippen LogP contribution is 2.31. The predicted octanol–water partition coefficient (Wildman–Crippen LogP) is 2.84. The molecule has 0 saturated heterocycles. The maximum absolute atomic E-state index is 13.4. The fourth-order valence-corrected chi connectivity index (χ4v) is 2.70. The number of anilines is 1. The monoisotopic (exact) mass is 378 g/mol. The molecule has 0 aliphatic rings. The van der Waals surface area contributed by atoms with Gasteiger partial charge in [0.15, 0.2) is 0 Å². The van der Waals surface area contributed by atoms with Crippen molar-refractivity contribution in [3.63, 3.8) is 0 Å². The molecule has 0 N–H and O–H groups in total. The third-order valence-electron chi connectivity index (χ3n) is 3.88. The smallest absolute Gasteiger partial charge is 0.257 e. The SMILES string of the molecule is CC(C)c1nc(N(C)S(C)=O)nc(-c2ccc(F)cc2)c1C(=O)N(C)C. The van der Waals surface area contributed by atoms with E-state index in [2.05, 4.69) is 9.97 Å². The molecule has 1 aromatic heterocycles. The summed E-state index contributed by atoms with van der Waals surface area (Å²) in [6.45, 7) is 3.85. The van der Waals surface area contributed by atoms with Crippen LogP contribution in [0, 0.1) is 5.82 Å². The molecule has 1 unspecified atom stereocenters. The van der Waals surface area contributed by atoms with Gasteiger partial charge in [-0.05, 0) is 30.2 Å². The van der Waals surface area contributed by atoms with Gasteiger partial charge in [-0.1, -0.05) is 13.8 Å². The molecule has 1 heterocycles. The van der Waals surface area contributed by atoms with Crippen LogP contribution in [0.2, 0.25) is 0 Å². The Hall–Kier alpha value is -2.35. The molecule has 0 aliphatic heterocycles. The quantitative estimate of drug-likeness (QED) is 0.802. The molecule has 2 aromatic rings. The minimum atomic E-state index is -1.32. The highest BCUT2D eigenvalue weighted by molar-refractivity contribution is 7.85. The van der Waals surface area contributed by atoms with Gasteiger partial charge in [0.2, 0.25) is 5.95 Å². The first-order valence-corrected chi connectivity index (χ1v) is 9.61. The lowest BCUT2D eigenvalue weighted by atomic mass is 9.97. The van der Waals surface area contributed by atoms with Crippen LogP contribution in [0.3, 0.4) is 0 Å². The highest BCUT2D eigenvalue weighted by Gasteiger charge is 2.26. The van der Waals surface area contributed by atoms with E-state index in [1.54, 1.807) is 33.3 Å². The van der Waals surface area contributed by atoms with Gasteiger partial charge in [-0.3, -0.25) is 9.10 Å². The van der Waals surface area contributed by atoms with Crippen LogP contribution in [-0.4, -0.2) is 52.4 Å². The number of hydrogen-bond acceptors (Lipinski definition) is 4. The lowest BCUT2D eigenvalue weighted by Crippen LogP contribution is -2.28. The summed E-state index contributed by atoms with van der Waals surface area (Å²) in [6.07, 6.45) is 1.52. The Morgan fingerprint density at radius 3 is 2.15 bits per heavy atom. The third kappa shape index (κ3) is 4.07. The zero-order valence-corrected chi connectivity index (χ0v) is 16.6. The van der Waals surface area contributed by atoms with Crippen molar-refractivity contribution in [2.75, 3.05) is 31.7 Å². The van der Waals surface area contributed by atoms with Crippen molar-refractivity contribution in [3.8, 4) is 11.3 Å². The Morgan fingerprint density at radius 2 is 1.69 bits per heavy atom. The van der Waals surface area contributed by atoms with E-state index in [4.69, 9.17) is 0 Å². The molecule has 0 spiro atoms. The summed E-state index contributed by atoms with van der Waals surface area (Å²) in [4.78, 5) is 23.3. The number of aromatic nitrogens is 2. The van der Waals surface area contributed by atoms with E-state index in [0.29, 0.717) is 22.5 Å². The zero-order valence-electron chi connectivity index (χ0n) is 15.8. The molecule has 140 valence electrons. The van der Waals surface area contributed by atoms with E-state index in [9.17, 15) is 13.4 Å². The molecular formula is C18H23FN4O2S. The van der Waals surface area contributed by atoms with E-state index >= 15 is 0 Å². The summed E-state index contributed by atoms with van der Waals surface area (Å²) in [7, 11) is 3.61. The minimum absolute atomic E-state index is 0.0615. The number of hydrogen-bond donors (Lipinski definition) is 0. The van der Waals surface area contributed by atoms with Gasteiger partial charge in [-0.25, -0.2) is 18.6 Å². The van der Waals surface area contributed by atoms with E-state index in [1.165, 1.54) is 27.6 Å². The second-order valence-electron chi connectivity index (χ2n) is 6.41. The van der Waals surface area contributed by atoms with Gasteiger partial charge in [0.1, 0.15) is 16.8 Å². The van der Waals surface area contributed by atoms with Gasteiger partial charge in [-0.15, -0.1) is 0 Å². The molecule has 6 nitrogen and oxygen atoms in total. The fraction of sp³-hybridized carbons (Fsp3) is 0.389. The normalized spacial score (nSPS) is 12.2. The molecule has 0 bridgehead atoms. The van der Waals surface area contributed by atoms with E-state index in [-0.39, 0.29) is 23.6 Å². The number of nitrogens with zero attached hydrogens (tertiary/aromatic N) is 4.